The topological polar surface area (TPSA) is 83.0 Å². The fraction of sp³-hybridized carbons (Fsp3) is 0.850. The number of guanidine groups is 1. The molecule has 0 aromatic carbocycles. The quantitative estimate of drug-likeness (QED) is 0.291. The summed E-state index contributed by atoms with van der Waals surface area (Å²) in [6.45, 7) is 7.85. The highest BCUT2D eigenvalue weighted by atomic mass is 16.5. The third-order valence-electron chi connectivity index (χ3n) is 5.39. The molecule has 0 atom stereocenters. The summed E-state index contributed by atoms with van der Waals surface area (Å²) < 4.78 is 5.13. The molecule has 1 saturated carbocycles. The minimum absolute atomic E-state index is 0.000970. The molecule has 0 aromatic heterocycles. The number of nitrogens with zero attached hydrogens (tertiary/aromatic N) is 2. The maximum Gasteiger partial charge on any atom is 0.309 e. The van der Waals surface area contributed by atoms with E-state index in [-0.39, 0.29) is 17.8 Å². The Kier molecular flexibility index (Phi) is 9.42. The molecule has 0 aromatic rings. The first-order chi connectivity index (χ1) is 13.1. The number of likely N-dealkylation sites (tertiary alicyclic amines) is 1. The van der Waals surface area contributed by atoms with Gasteiger partial charge in [-0.15, -0.1) is 0 Å². The number of esters is 1. The Morgan fingerprint density at radius 3 is 2.41 bits per heavy atom. The molecule has 154 valence electrons. The summed E-state index contributed by atoms with van der Waals surface area (Å²) in [7, 11) is 0. The monoisotopic (exact) mass is 380 g/mol. The summed E-state index contributed by atoms with van der Waals surface area (Å²) in [4.78, 5) is 30.7. The van der Waals surface area contributed by atoms with E-state index in [1.54, 1.807) is 0 Å². The van der Waals surface area contributed by atoms with Crippen molar-refractivity contribution in [1.82, 2.24) is 15.5 Å². The Balaban J connectivity index is 1.72. The Morgan fingerprint density at radius 2 is 1.78 bits per heavy atom. The molecule has 2 N–H and O–H groups in total. The summed E-state index contributed by atoms with van der Waals surface area (Å²) in [6, 6.07) is 0. The molecular formula is C20H36N4O3. The number of carbonyl (C=O) groups excluding carboxylic acids is 2. The lowest BCUT2D eigenvalue weighted by Gasteiger charge is -2.33. The molecule has 0 unspecified atom stereocenters. The first-order valence-corrected chi connectivity index (χ1v) is 10.6. The van der Waals surface area contributed by atoms with Crippen LogP contribution < -0.4 is 10.6 Å². The molecule has 0 bridgehead atoms. The van der Waals surface area contributed by atoms with Crippen LogP contribution in [0, 0.1) is 11.8 Å². The summed E-state index contributed by atoms with van der Waals surface area (Å²) in [5.74, 6) is 1.51. The van der Waals surface area contributed by atoms with Crippen LogP contribution in [0.25, 0.3) is 0 Å². The molecule has 0 radical (unpaired) electrons. The van der Waals surface area contributed by atoms with Gasteiger partial charge in [-0.2, -0.15) is 0 Å². The number of aliphatic imine (C=N–C) groups is 1. The molecular weight excluding hydrogens is 344 g/mol. The van der Waals surface area contributed by atoms with Gasteiger partial charge < -0.3 is 20.3 Å². The van der Waals surface area contributed by atoms with E-state index >= 15 is 0 Å². The predicted molar refractivity (Wildman–Crippen MR) is 106 cm³/mol. The van der Waals surface area contributed by atoms with Crippen LogP contribution in [0.5, 0.6) is 0 Å². The lowest BCUT2D eigenvalue weighted by Crippen LogP contribution is -2.47. The molecule has 1 heterocycles. The Hall–Kier alpha value is -1.79. The Labute approximate surface area is 163 Å². The normalized spacial score (nSPS) is 19.2. The van der Waals surface area contributed by atoms with Gasteiger partial charge >= 0.3 is 5.97 Å². The number of rotatable bonds is 8. The standard InChI is InChI=1S/C20H36N4O3/c1-3-21-20(24-13-9-17(10-14-24)19(26)27-4-2)23-12-11-22-18(25)15-16-7-5-6-8-16/h16-17H,3-15H2,1-2H3,(H,21,23)(H,22,25). The molecule has 27 heavy (non-hydrogen) atoms. The molecule has 2 fully saturated rings. The lowest BCUT2D eigenvalue weighted by atomic mass is 9.97. The van der Waals surface area contributed by atoms with Crippen molar-refractivity contribution in [3.8, 4) is 0 Å². The maximum atomic E-state index is 12.0. The fourth-order valence-electron chi connectivity index (χ4n) is 3.92. The molecule has 7 nitrogen and oxygen atoms in total. The highest BCUT2D eigenvalue weighted by molar-refractivity contribution is 5.81. The minimum atomic E-state index is -0.0796. The molecule has 7 heteroatoms. The lowest BCUT2D eigenvalue weighted by molar-refractivity contribution is -0.149. The van der Waals surface area contributed by atoms with Crippen LogP contribution in [0.15, 0.2) is 4.99 Å². The van der Waals surface area contributed by atoms with E-state index in [0.29, 0.717) is 32.0 Å². The van der Waals surface area contributed by atoms with Gasteiger partial charge in [0.25, 0.3) is 0 Å². The van der Waals surface area contributed by atoms with Crippen molar-refractivity contribution in [3.05, 3.63) is 0 Å². The number of piperidine rings is 1. The Morgan fingerprint density at radius 1 is 1.07 bits per heavy atom. The second-order valence-electron chi connectivity index (χ2n) is 7.45. The van der Waals surface area contributed by atoms with Crippen molar-refractivity contribution in [2.24, 2.45) is 16.8 Å². The van der Waals surface area contributed by atoms with Gasteiger partial charge in [-0.05, 0) is 45.4 Å². The average molecular weight is 381 g/mol. The van der Waals surface area contributed by atoms with Crippen LogP contribution in [-0.2, 0) is 14.3 Å². The van der Waals surface area contributed by atoms with E-state index in [4.69, 9.17) is 4.74 Å². The van der Waals surface area contributed by atoms with Crippen LogP contribution in [0.1, 0.15) is 58.8 Å². The van der Waals surface area contributed by atoms with Crippen molar-refractivity contribution in [2.75, 3.05) is 39.3 Å². The molecule has 1 aliphatic heterocycles. The Bertz CT molecular complexity index is 495. The second kappa shape index (κ2) is 11.8. The van der Waals surface area contributed by atoms with Gasteiger partial charge in [-0.3, -0.25) is 14.6 Å². The maximum absolute atomic E-state index is 12.0. The predicted octanol–water partition coefficient (Wildman–Crippen LogP) is 1.92. The van der Waals surface area contributed by atoms with Crippen LogP contribution >= 0.6 is 0 Å². The summed E-state index contributed by atoms with van der Waals surface area (Å²) in [5.41, 5.74) is 0. The zero-order chi connectivity index (χ0) is 19.5. The van der Waals surface area contributed by atoms with Crippen LogP contribution in [0.3, 0.4) is 0 Å². The van der Waals surface area contributed by atoms with Gasteiger partial charge in [-0.25, -0.2) is 0 Å². The van der Waals surface area contributed by atoms with E-state index in [2.05, 4.69) is 20.5 Å². The van der Waals surface area contributed by atoms with Crippen molar-refractivity contribution < 1.29 is 14.3 Å². The second-order valence-corrected chi connectivity index (χ2v) is 7.45. The number of ether oxygens (including phenoxy) is 1. The van der Waals surface area contributed by atoms with Crippen molar-refractivity contribution in [2.45, 2.75) is 58.8 Å². The van der Waals surface area contributed by atoms with Gasteiger partial charge in [0.1, 0.15) is 0 Å². The highest BCUT2D eigenvalue weighted by Crippen LogP contribution is 2.27. The number of hydrogen-bond donors (Lipinski definition) is 2. The summed E-state index contributed by atoms with van der Waals surface area (Å²) >= 11 is 0. The van der Waals surface area contributed by atoms with E-state index in [1.807, 2.05) is 13.8 Å². The SMILES string of the molecule is CCNC(=NCCNC(=O)CC1CCCC1)N1CCC(C(=O)OCC)CC1. The van der Waals surface area contributed by atoms with E-state index in [0.717, 1.165) is 38.4 Å². The van der Waals surface area contributed by atoms with Gasteiger partial charge in [0.15, 0.2) is 5.96 Å². The fourth-order valence-corrected chi connectivity index (χ4v) is 3.92. The number of nitrogens with one attached hydrogen (secondary N) is 2. The zero-order valence-electron chi connectivity index (χ0n) is 17.0. The first-order valence-electron chi connectivity index (χ1n) is 10.6. The number of amides is 1. The first kappa shape index (κ1) is 21.5. The smallest absolute Gasteiger partial charge is 0.309 e. The van der Waals surface area contributed by atoms with Crippen LogP contribution in [0.2, 0.25) is 0 Å². The van der Waals surface area contributed by atoms with Crippen molar-refractivity contribution >= 4 is 17.8 Å². The summed E-state index contributed by atoms with van der Waals surface area (Å²) in [6.07, 6.45) is 7.16. The molecule has 2 rings (SSSR count). The molecule has 1 amide bonds. The van der Waals surface area contributed by atoms with E-state index < -0.39 is 0 Å². The van der Waals surface area contributed by atoms with Crippen molar-refractivity contribution in [1.29, 1.82) is 0 Å². The number of hydrogen-bond acceptors (Lipinski definition) is 4. The van der Waals surface area contributed by atoms with Gasteiger partial charge in [-0.1, -0.05) is 12.8 Å². The van der Waals surface area contributed by atoms with Gasteiger partial charge in [0.2, 0.25) is 5.91 Å². The summed E-state index contributed by atoms with van der Waals surface area (Å²) in [5, 5.41) is 6.31. The third-order valence-corrected chi connectivity index (χ3v) is 5.39. The van der Waals surface area contributed by atoms with Gasteiger partial charge in [0, 0.05) is 32.6 Å². The van der Waals surface area contributed by atoms with E-state index in [1.165, 1.54) is 25.7 Å². The van der Waals surface area contributed by atoms with E-state index in [9.17, 15) is 9.59 Å². The number of carbonyl (C=O) groups is 2. The molecule has 1 aliphatic carbocycles. The third kappa shape index (κ3) is 7.39. The zero-order valence-corrected chi connectivity index (χ0v) is 17.0. The molecule has 2 aliphatic rings. The van der Waals surface area contributed by atoms with Crippen molar-refractivity contribution in [3.63, 3.8) is 0 Å². The molecule has 1 saturated heterocycles. The highest BCUT2D eigenvalue weighted by Gasteiger charge is 2.27. The largest absolute Gasteiger partial charge is 0.466 e. The van der Waals surface area contributed by atoms with Gasteiger partial charge in [0.05, 0.1) is 19.1 Å². The van der Waals surface area contributed by atoms with Crippen LogP contribution in [0.4, 0.5) is 0 Å². The minimum Gasteiger partial charge on any atom is -0.466 e. The van der Waals surface area contributed by atoms with Crippen LogP contribution in [-0.4, -0.2) is 62.1 Å². The average Bonchev–Trinajstić information content (AvgIpc) is 3.17. The molecule has 0 spiro atoms.